The number of carbonyl (C=O) groups is 3. The summed E-state index contributed by atoms with van der Waals surface area (Å²) in [4.78, 5) is 36.3. The van der Waals surface area contributed by atoms with Crippen LogP contribution in [-0.4, -0.2) is 45.6 Å². The molecule has 1 rings (SSSR count). The average Bonchev–Trinajstić information content (AvgIpc) is 2.43. The minimum absolute atomic E-state index is 0.240. The Morgan fingerprint density at radius 3 is 2.20 bits per heavy atom. The van der Waals surface area contributed by atoms with Crippen molar-refractivity contribution in [3.63, 3.8) is 0 Å². The van der Waals surface area contributed by atoms with E-state index in [9.17, 15) is 19.5 Å². The van der Waals surface area contributed by atoms with Crippen LogP contribution in [0.15, 0.2) is 0 Å². The van der Waals surface area contributed by atoms with Gasteiger partial charge in [-0.3, -0.25) is 19.6 Å². The molecule has 0 aliphatic heterocycles. The smallest absolute Gasteiger partial charge is 0.307 e. The SMILES string of the molecule is CC(C)N(CC(=O)NO)C(=O)[C@@H]1CCCC[C@H]1C(=O)O. The lowest BCUT2D eigenvalue weighted by Crippen LogP contribution is -2.49. The third kappa shape index (κ3) is 3.93. The first-order valence-electron chi connectivity index (χ1n) is 6.84. The molecule has 0 saturated heterocycles. The fourth-order valence-corrected chi connectivity index (χ4v) is 2.64. The van der Waals surface area contributed by atoms with Crippen molar-refractivity contribution in [1.82, 2.24) is 10.4 Å². The largest absolute Gasteiger partial charge is 0.481 e. The second-order valence-corrected chi connectivity index (χ2v) is 5.43. The standard InChI is InChI=1S/C13H22N2O5/c1-8(2)15(7-11(16)14-20)12(17)9-5-3-4-6-10(9)13(18)19/h8-10,20H,3-7H2,1-2H3,(H,14,16)(H,18,19)/t9-,10-/m1/s1. The summed E-state index contributed by atoms with van der Waals surface area (Å²) in [6, 6.07) is -0.240. The van der Waals surface area contributed by atoms with Gasteiger partial charge in [0.1, 0.15) is 6.54 Å². The fraction of sp³-hybridized carbons (Fsp3) is 0.769. The lowest BCUT2D eigenvalue weighted by Gasteiger charge is -2.34. The number of hydroxylamine groups is 1. The molecule has 7 heteroatoms. The topological polar surface area (TPSA) is 107 Å². The molecule has 114 valence electrons. The molecule has 0 aromatic carbocycles. The number of amides is 2. The maximum atomic E-state index is 12.5. The highest BCUT2D eigenvalue weighted by atomic mass is 16.5. The molecule has 0 unspecified atom stereocenters. The van der Waals surface area contributed by atoms with E-state index in [1.807, 2.05) is 0 Å². The second-order valence-electron chi connectivity index (χ2n) is 5.43. The summed E-state index contributed by atoms with van der Waals surface area (Å²) in [5, 5.41) is 17.8. The highest BCUT2D eigenvalue weighted by Gasteiger charge is 2.38. The number of nitrogens with zero attached hydrogens (tertiary/aromatic N) is 1. The molecule has 2 amide bonds. The Morgan fingerprint density at radius 1 is 1.20 bits per heavy atom. The van der Waals surface area contributed by atoms with Gasteiger partial charge in [-0.2, -0.15) is 0 Å². The van der Waals surface area contributed by atoms with E-state index in [2.05, 4.69) is 0 Å². The Hall–Kier alpha value is -1.63. The predicted molar refractivity (Wildman–Crippen MR) is 69.9 cm³/mol. The van der Waals surface area contributed by atoms with E-state index in [0.29, 0.717) is 12.8 Å². The zero-order valence-electron chi connectivity index (χ0n) is 11.8. The zero-order valence-corrected chi connectivity index (χ0v) is 11.8. The lowest BCUT2D eigenvalue weighted by molar-refractivity contribution is -0.154. The van der Waals surface area contributed by atoms with Gasteiger partial charge in [0.05, 0.1) is 11.8 Å². The van der Waals surface area contributed by atoms with Crippen LogP contribution in [0.1, 0.15) is 39.5 Å². The number of carbonyl (C=O) groups excluding carboxylic acids is 2. The number of carboxylic acid groups (broad SMARTS) is 1. The highest BCUT2D eigenvalue weighted by Crippen LogP contribution is 2.32. The van der Waals surface area contributed by atoms with Crippen LogP contribution in [0.3, 0.4) is 0 Å². The molecule has 0 bridgehead atoms. The van der Waals surface area contributed by atoms with Gasteiger partial charge in [-0.25, -0.2) is 5.48 Å². The molecule has 0 spiro atoms. The summed E-state index contributed by atoms with van der Waals surface area (Å²) < 4.78 is 0. The van der Waals surface area contributed by atoms with Gasteiger partial charge >= 0.3 is 5.97 Å². The number of hydrogen-bond donors (Lipinski definition) is 3. The second kappa shape index (κ2) is 7.23. The Labute approximate surface area is 117 Å². The first-order valence-corrected chi connectivity index (χ1v) is 6.84. The van der Waals surface area contributed by atoms with E-state index in [1.165, 1.54) is 10.4 Å². The van der Waals surface area contributed by atoms with Gasteiger partial charge in [0.25, 0.3) is 5.91 Å². The summed E-state index contributed by atoms with van der Waals surface area (Å²) in [5.74, 6) is -3.24. The van der Waals surface area contributed by atoms with Gasteiger partial charge in [-0.05, 0) is 26.7 Å². The lowest BCUT2D eigenvalue weighted by atomic mass is 9.78. The van der Waals surface area contributed by atoms with Crippen molar-refractivity contribution in [3.8, 4) is 0 Å². The summed E-state index contributed by atoms with van der Waals surface area (Å²) in [6.45, 7) is 3.23. The van der Waals surface area contributed by atoms with E-state index in [0.717, 1.165) is 12.8 Å². The molecule has 1 fully saturated rings. The Kier molecular flexibility index (Phi) is 5.94. The third-order valence-corrected chi connectivity index (χ3v) is 3.75. The molecule has 1 aliphatic carbocycles. The summed E-state index contributed by atoms with van der Waals surface area (Å²) in [5.41, 5.74) is 1.49. The molecule has 2 atom stereocenters. The molecule has 1 aliphatic rings. The van der Waals surface area contributed by atoms with Gasteiger partial charge in [-0.15, -0.1) is 0 Å². The van der Waals surface area contributed by atoms with E-state index in [4.69, 9.17) is 5.21 Å². The van der Waals surface area contributed by atoms with Crippen LogP contribution in [0.25, 0.3) is 0 Å². The van der Waals surface area contributed by atoms with Crippen LogP contribution in [0.5, 0.6) is 0 Å². The minimum atomic E-state index is -0.960. The first kappa shape index (κ1) is 16.4. The Balaban J connectivity index is 2.86. The summed E-state index contributed by atoms with van der Waals surface area (Å²) in [7, 11) is 0. The quantitative estimate of drug-likeness (QED) is 0.507. The molecule has 3 N–H and O–H groups in total. The fourth-order valence-electron chi connectivity index (χ4n) is 2.64. The molecular weight excluding hydrogens is 264 g/mol. The summed E-state index contributed by atoms with van der Waals surface area (Å²) in [6.07, 6.45) is 2.64. The number of rotatable bonds is 5. The van der Waals surface area contributed by atoms with Crippen LogP contribution >= 0.6 is 0 Å². The molecule has 0 radical (unpaired) electrons. The van der Waals surface area contributed by atoms with Gasteiger partial charge in [-0.1, -0.05) is 12.8 Å². The third-order valence-electron chi connectivity index (χ3n) is 3.75. The Morgan fingerprint density at radius 2 is 1.75 bits per heavy atom. The van der Waals surface area contributed by atoms with Crippen molar-refractivity contribution in [2.75, 3.05) is 6.54 Å². The number of aliphatic carboxylic acids is 1. The maximum Gasteiger partial charge on any atom is 0.307 e. The van der Waals surface area contributed by atoms with Crippen molar-refractivity contribution in [1.29, 1.82) is 0 Å². The van der Waals surface area contributed by atoms with Gasteiger partial charge in [0.15, 0.2) is 0 Å². The molecule has 0 aromatic heterocycles. The molecule has 7 nitrogen and oxygen atoms in total. The van der Waals surface area contributed by atoms with Crippen LogP contribution in [0.4, 0.5) is 0 Å². The Bertz CT molecular complexity index is 383. The molecule has 0 aromatic rings. The highest BCUT2D eigenvalue weighted by molar-refractivity contribution is 5.88. The molecule has 0 heterocycles. The van der Waals surface area contributed by atoms with Crippen molar-refractivity contribution in [2.45, 2.75) is 45.6 Å². The molecular formula is C13H22N2O5. The van der Waals surface area contributed by atoms with Crippen molar-refractivity contribution < 1.29 is 24.7 Å². The molecule has 20 heavy (non-hydrogen) atoms. The number of hydrogen-bond acceptors (Lipinski definition) is 4. The van der Waals surface area contributed by atoms with Crippen LogP contribution < -0.4 is 5.48 Å². The van der Waals surface area contributed by atoms with Gasteiger partial charge in [0.2, 0.25) is 5.91 Å². The summed E-state index contributed by atoms with van der Waals surface area (Å²) >= 11 is 0. The minimum Gasteiger partial charge on any atom is -0.481 e. The predicted octanol–water partition coefficient (Wildman–Crippen LogP) is 0.620. The van der Waals surface area contributed by atoms with Gasteiger partial charge in [0, 0.05) is 6.04 Å². The average molecular weight is 286 g/mol. The van der Waals surface area contributed by atoms with E-state index < -0.39 is 23.7 Å². The molecule has 1 saturated carbocycles. The number of nitrogens with one attached hydrogen (secondary N) is 1. The van der Waals surface area contributed by atoms with E-state index in [1.54, 1.807) is 13.8 Å². The van der Waals surface area contributed by atoms with Crippen molar-refractivity contribution in [3.05, 3.63) is 0 Å². The first-order chi connectivity index (χ1) is 9.38. The van der Waals surface area contributed by atoms with Crippen LogP contribution in [-0.2, 0) is 14.4 Å². The van der Waals surface area contributed by atoms with Crippen LogP contribution in [0, 0.1) is 11.8 Å². The normalized spacial score (nSPS) is 22.4. The van der Waals surface area contributed by atoms with Crippen molar-refractivity contribution >= 4 is 17.8 Å². The number of carboxylic acids is 1. The zero-order chi connectivity index (χ0) is 15.3. The monoisotopic (exact) mass is 286 g/mol. The van der Waals surface area contributed by atoms with Gasteiger partial charge < -0.3 is 10.0 Å². The maximum absolute atomic E-state index is 12.5. The van der Waals surface area contributed by atoms with Crippen LogP contribution in [0.2, 0.25) is 0 Å². The van der Waals surface area contributed by atoms with E-state index >= 15 is 0 Å². The van der Waals surface area contributed by atoms with E-state index in [-0.39, 0.29) is 18.5 Å². The van der Waals surface area contributed by atoms with Crippen molar-refractivity contribution in [2.24, 2.45) is 11.8 Å².